The van der Waals surface area contributed by atoms with Crippen molar-refractivity contribution in [2.45, 2.75) is 78.7 Å². The number of carbonyl (C=O) groups is 1. The van der Waals surface area contributed by atoms with E-state index in [-0.39, 0.29) is 35.8 Å². The Balaban J connectivity index is 2.04. The summed E-state index contributed by atoms with van der Waals surface area (Å²) in [6.07, 6.45) is 2.26. The number of hydrogen-bond acceptors (Lipinski definition) is 5. The van der Waals surface area contributed by atoms with E-state index in [9.17, 15) is 13.2 Å². The number of ether oxygens (including phenoxy) is 2. The molecule has 1 spiro atoms. The van der Waals surface area contributed by atoms with Gasteiger partial charge in [-0.2, -0.15) is 4.31 Å². The van der Waals surface area contributed by atoms with Crippen molar-refractivity contribution in [1.82, 2.24) is 4.31 Å². The number of nitrogens with zero attached hydrogens (tertiary/aromatic N) is 1. The van der Waals surface area contributed by atoms with Gasteiger partial charge in [-0.25, -0.2) is 13.2 Å². The van der Waals surface area contributed by atoms with Crippen molar-refractivity contribution in [1.29, 1.82) is 0 Å². The monoisotopic (exact) mass is 373 g/mol. The van der Waals surface area contributed by atoms with Crippen LogP contribution in [0.1, 0.15) is 60.8 Å². The highest BCUT2D eigenvalue weighted by molar-refractivity contribution is 7.89. The first-order valence-corrected chi connectivity index (χ1v) is 10.9. The van der Waals surface area contributed by atoms with Crippen molar-refractivity contribution in [3.05, 3.63) is 0 Å². The zero-order valence-corrected chi connectivity index (χ0v) is 17.0. The molecule has 0 amide bonds. The highest BCUT2D eigenvalue weighted by Crippen LogP contribution is 2.72. The standard InChI is InChI=1S/C18H31NO5S/c1-12(2)19(13(3)4)25(21,22)11-17-8-7-14(16(17,5)6)9-18(17)23-10-15(20)24-18/h12-14H,7-11H2,1-6H3. The Labute approximate surface area is 151 Å². The number of rotatable bonds is 5. The first kappa shape index (κ1) is 19.1. The van der Waals surface area contributed by atoms with Gasteiger partial charge in [0.1, 0.15) is 6.61 Å². The number of hydrogen-bond donors (Lipinski definition) is 0. The van der Waals surface area contributed by atoms with Crippen molar-refractivity contribution in [2.24, 2.45) is 16.7 Å². The fraction of sp³-hybridized carbons (Fsp3) is 0.944. The lowest BCUT2D eigenvalue weighted by Gasteiger charge is -2.47. The summed E-state index contributed by atoms with van der Waals surface area (Å²) in [6.45, 7) is 11.7. The van der Waals surface area contributed by atoms with Gasteiger partial charge in [-0.05, 0) is 51.9 Å². The normalized spacial score (nSPS) is 37.0. The fourth-order valence-corrected chi connectivity index (χ4v) is 8.59. The smallest absolute Gasteiger partial charge is 0.334 e. The van der Waals surface area contributed by atoms with Gasteiger partial charge in [-0.3, -0.25) is 0 Å². The average Bonchev–Trinajstić information content (AvgIpc) is 2.96. The molecule has 0 aromatic heterocycles. The Kier molecular flexibility index (Phi) is 4.33. The highest BCUT2D eigenvalue weighted by Gasteiger charge is 2.76. The molecule has 1 heterocycles. The molecule has 1 saturated heterocycles. The Hall–Kier alpha value is -0.660. The lowest BCUT2D eigenvalue weighted by Crippen LogP contribution is -2.57. The minimum absolute atomic E-state index is 0.0346. The number of fused-ring (bicyclic) bond motifs is 3. The lowest BCUT2D eigenvalue weighted by atomic mass is 9.68. The van der Waals surface area contributed by atoms with Crippen LogP contribution in [0.25, 0.3) is 0 Å². The predicted octanol–water partition coefficient (Wildman–Crippen LogP) is 2.53. The van der Waals surface area contributed by atoms with Crippen LogP contribution < -0.4 is 0 Å². The molecule has 6 nitrogen and oxygen atoms in total. The van der Waals surface area contributed by atoms with E-state index in [2.05, 4.69) is 13.8 Å². The van der Waals surface area contributed by atoms with Gasteiger partial charge < -0.3 is 9.47 Å². The molecule has 0 radical (unpaired) electrons. The Morgan fingerprint density at radius 2 is 1.80 bits per heavy atom. The molecule has 7 heteroatoms. The first-order chi connectivity index (χ1) is 11.4. The van der Waals surface area contributed by atoms with Gasteiger partial charge in [0.15, 0.2) is 0 Å². The van der Waals surface area contributed by atoms with Crippen LogP contribution in [0.2, 0.25) is 0 Å². The first-order valence-electron chi connectivity index (χ1n) is 9.25. The van der Waals surface area contributed by atoms with Crippen LogP contribution in [0.3, 0.4) is 0 Å². The summed E-state index contributed by atoms with van der Waals surface area (Å²) in [4.78, 5) is 11.8. The van der Waals surface area contributed by atoms with Gasteiger partial charge in [0.25, 0.3) is 0 Å². The van der Waals surface area contributed by atoms with E-state index < -0.39 is 21.2 Å². The Bertz CT molecular complexity index is 663. The van der Waals surface area contributed by atoms with E-state index in [1.807, 2.05) is 27.7 Å². The summed E-state index contributed by atoms with van der Waals surface area (Å²) in [5, 5.41) is 0. The van der Waals surface area contributed by atoms with E-state index in [1.54, 1.807) is 4.31 Å². The molecule has 0 aromatic carbocycles. The van der Waals surface area contributed by atoms with Crippen molar-refractivity contribution in [3.8, 4) is 0 Å². The maximum atomic E-state index is 13.4. The second kappa shape index (κ2) is 5.67. The van der Waals surface area contributed by atoms with Crippen LogP contribution in [0.5, 0.6) is 0 Å². The van der Waals surface area contributed by atoms with Gasteiger partial charge in [-0.15, -0.1) is 0 Å². The van der Waals surface area contributed by atoms with Gasteiger partial charge >= 0.3 is 5.97 Å². The predicted molar refractivity (Wildman–Crippen MR) is 94.2 cm³/mol. The molecule has 3 fully saturated rings. The molecular weight excluding hydrogens is 342 g/mol. The van der Waals surface area contributed by atoms with Crippen LogP contribution in [0.15, 0.2) is 0 Å². The van der Waals surface area contributed by atoms with Crippen LogP contribution >= 0.6 is 0 Å². The molecule has 2 aliphatic carbocycles. The molecule has 1 aliphatic heterocycles. The Morgan fingerprint density at radius 3 is 2.24 bits per heavy atom. The van der Waals surface area contributed by atoms with Crippen molar-refractivity contribution in [2.75, 3.05) is 12.4 Å². The van der Waals surface area contributed by atoms with Crippen LogP contribution in [0, 0.1) is 16.7 Å². The number of sulfonamides is 1. The minimum Gasteiger partial charge on any atom is -0.431 e. The fourth-order valence-electron chi connectivity index (χ4n) is 5.80. The van der Waals surface area contributed by atoms with Crippen LogP contribution in [-0.2, 0) is 24.3 Å². The maximum Gasteiger partial charge on any atom is 0.334 e. The van der Waals surface area contributed by atoms with Gasteiger partial charge in [-0.1, -0.05) is 13.8 Å². The zero-order chi connectivity index (χ0) is 18.8. The average molecular weight is 374 g/mol. The SMILES string of the molecule is CC(C)N(C(C)C)S(=O)(=O)CC12CCC(CC13OCC(=O)O3)C2(C)C. The minimum atomic E-state index is -3.54. The molecule has 0 N–H and O–H groups in total. The third-order valence-corrected chi connectivity index (χ3v) is 9.23. The van der Waals surface area contributed by atoms with E-state index in [1.165, 1.54) is 0 Å². The van der Waals surface area contributed by atoms with Gasteiger partial charge in [0, 0.05) is 18.5 Å². The molecule has 0 aromatic rings. The van der Waals surface area contributed by atoms with Crippen molar-refractivity contribution >= 4 is 16.0 Å². The largest absolute Gasteiger partial charge is 0.431 e. The molecule has 144 valence electrons. The molecule has 3 aliphatic rings. The number of esters is 1. The molecular formula is C18H31NO5S. The maximum absolute atomic E-state index is 13.4. The van der Waals surface area contributed by atoms with Crippen molar-refractivity contribution < 1.29 is 22.7 Å². The second-order valence-electron chi connectivity index (χ2n) is 9.03. The topological polar surface area (TPSA) is 72.9 Å². The van der Waals surface area contributed by atoms with E-state index in [0.717, 1.165) is 6.42 Å². The van der Waals surface area contributed by atoms with Gasteiger partial charge in [0.2, 0.25) is 15.8 Å². The summed E-state index contributed by atoms with van der Waals surface area (Å²) in [5.74, 6) is -1.19. The quantitative estimate of drug-likeness (QED) is 0.693. The van der Waals surface area contributed by atoms with E-state index in [0.29, 0.717) is 18.8 Å². The summed E-state index contributed by atoms with van der Waals surface area (Å²) >= 11 is 0. The lowest BCUT2D eigenvalue weighted by molar-refractivity contribution is -0.233. The second-order valence-corrected chi connectivity index (χ2v) is 10.9. The van der Waals surface area contributed by atoms with Crippen LogP contribution in [0.4, 0.5) is 0 Å². The third-order valence-electron chi connectivity index (χ3n) is 6.89. The molecule has 25 heavy (non-hydrogen) atoms. The summed E-state index contributed by atoms with van der Waals surface area (Å²) in [7, 11) is -3.54. The highest BCUT2D eigenvalue weighted by atomic mass is 32.2. The molecule has 3 atom stereocenters. The zero-order valence-electron chi connectivity index (χ0n) is 16.2. The van der Waals surface area contributed by atoms with Gasteiger partial charge in [0.05, 0.1) is 11.2 Å². The number of carbonyl (C=O) groups excluding carboxylic acids is 1. The summed E-state index contributed by atoms with van der Waals surface area (Å²) in [6, 6.07) is -0.239. The molecule has 3 rings (SSSR count). The summed E-state index contributed by atoms with van der Waals surface area (Å²) < 4.78 is 39.9. The molecule has 3 unspecified atom stereocenters. The van der Waals surface area contributed by atoms with E-state index in [4.69, 9.17) is 9.47 Å². The molecule has 2 bridgehead atoms. The molecule has 2 saturated carbocycles. The van der Waals surface area contributed by atoms with Crippen LogP contribution in [-0.4, -0.2) is 48.9 Å². The Morgan fingerprint density at radius 1 is 1.20 bits per heavy atom. The third kappa shape index (κ3) is 2.49. The van der Waals surface area contributed by atoms with E-state index >= 15 is 0 Å². The summed E-state index contributed by atoms with van der Waals surface area (Å²) in [5.41, 5.74) is -0.956. The van der Waals surface area contributed by atoms with Crippen molar-refractivity contribution in [3.63, 3.8) is 0 Å².